The highest BCUT2D eigenvalue weighted by Gasteiger charge is 2.39. The number of thiophene rings is 1. The molecule has 2 N–H and O–H groups in total. The van der Waals surface area contributed by atoms with Gasteiger partial charge in [-0.05, 0) is 27.4 Å². The fraction of sp³-hybridized carbons (Fsp3) is 0.400. The number of rotatable bonds is 2. The molecule has 1 aliphatic rings. The highest BCUT2D eigenvalue weighted by molar-refractivity contribution is 9.10. The SMILES string of the molecule is O=C(O)[C@@H]1CC(O)CN1C(=O)c1sccc1Br. The number of carbonyl (C=O) groups excluding carboxylic acids is 1. The van der Waals surface area contributed by atoms with E-state index in [2.05, 4.69) is 15.9 Å². The zero-order valence-corrected chi connectivity index (χ0v) is 11.1. The first-order chi connectivity index (χ1) is 8.00. The van der Waals surface area contributed by atoms with E-state index >= 15 is 0 Å². The predicted octanol–water partition coefficient (Wildman–Crippen LogP) is 1.17. The number of halogens is 1. The van der Waals surface area contributed by atoms with E-state index in [0.29, 0.717) is 9.35 Å². The fourth-order valence-corrected chi connectivity index (χ4v) is 3.35. The van der Waals surface area contributed by atoms with Crippen molar-refractivity contribution in [2.75, 3.05) is 6.54 Å². The van der Waals surface area contributed by atoms with Gasteiger partial charge >= 0.3 is 5.97 Å². The molecule has 1 aromatic heterocycles. The molecule has 1 unspecified atom stereocenters. The Labute approximate surface area is 110 Å². The topological polar surface area (TPSA) is 77.8 Å². The van der Waals surface area contributed by atoms with E-state index in [-0.39, 0.29) is 18.9 Å². The molecule has 2 rings (SSSR count). The van der Waals surface area contributed by atoms with Gasteiger partial charge in [0.05, 0.1) is 6.10 Å². The van der Waals surface area contributed by atoms with Crippen molar-refractivity contribution in [1.82, 2.24) is 4.90 Å². The largest absolute Gasteiger partial charge is 0.480 e. The molecule has 1 saturated heterocycles. The van der Waals surface area contributed by atoms with Crippen molar-refractivity contribution in [3.8, 4) is 0 Å². The number of nitrogens with zero attached hydrogens (tertiary/aromatic N) is 1. The summed E-state index contributed by atoms with van der Waals surface area (Å²) in [6, 6.07) is 0.798. The molecule has 17 heavy (non-hydrogen) atoms. The summed E-state index contributed by atoms with van der Waals surface area (Å²) >= 11 is 4.49. The lowest BCUT2D eigenvalue weighted by Gasteiger charge is -2.20. The zero-order valence-electron chi connectivity index (χ0n) is 8.67. The van der Waals surface area contributed by atoms with Crippen LogP contribution in [0.15, 0.2) is 15.9 Å². The molecule has 1 amide bonds. The van der Waals surface area contributed by atoms with E-state index < -0.39 is 18.1 Å². The Morgan fingerprint density at radius 2 is 2.24 bits per heavy atom. The second-order valence-corrected chi connectivity index (χ2v) is 5.57. The molecule has 0 aliphatic carbocycles. The number of aliphatic hydroxyl groups is 1. The normalized spacial score (nSPS) is 24.0. The molecule has 92 valence electrons. The minimum atomic E-state index is -1.08. The molecular weight excluding hydrogens is 310 g/mol. The van der Waals surface area contributed by atoms with Crippen molar-refractivity contribution >= 4 is 39.1 Å². The minimum Gasteiger partial charge on any atom is -0.480 e. The van der Waals surface area contributed by atoms with Gasteiger partial charge in [0.15, 0.2) is 0 Å². The molecule has 1 aliphatic heterocycles. The Hall–Kier alpha value is -0.920. The Balaban J connectivity index is 2.25. The number of amides is 1. The molecule has 7 heteroatoms. The molecule has 0 radical (unpaired) electrons. The Morgan fingerprint density at radius 3 is 2.76 bits per heavy atom. The number of β-amino-alcohol motifs (C(OH)–C–C–N with tert-alkyl or cyclic N) is 1. The summed E-state index contributed by atoms with van der Waals surface area (Å²) in [6.45, 7) is 0.0696. The number of carbonyl (C=O) groups is 2. The number of likely N-dealkylation sites (tertiary alicyclic amines) is 1. The van der Waals surface area contributed by atoms with Crippen LogP contribution in [0.5, 0.6) is 0 Å². The molecular formula is C10H10BrNO4S. The van der Waals surface area contributed by atoms with Gasteiger partial charge in [-0.25, -0.2) is 4.79 Å². The summed E-state index contributed by atoms with van der Waals surface area (Å²) in [4.78, 5) is 24.8. The Bertz CT molecular complexity index is 461. The van der Waals surface area contributed by atoms with Crippen LogP contribution in [0.2, 0.25) is 0 Å². The van der Waals surface area contributed by atoms with Gasteiger partial charge in [-0.1, -0.05) is 0 Å². The van der Waals surface area contributed by atoms with Gasteiger partial charge in [-0.15, -0.1) is 11.3 Å². The average molecular weight is 320 g/mol. The van der Waals surface area contributed by atoms with E-state index in [1.54, 1.807) is 11.4 Å². The third-order valence-electron chi connectivity index (χ3n) is 2.64. The molecule has 0 bridgehead atoms. The van der Waals surface area contributed by atoms with E-state index in [1.165, 1.54) is 16.2 Å². The summed E-state index contributed by atoms with van der Waals surface area (Å²) in [5.74, 6) is -1.43. The predicted molar refractivity (Wildman–Crippen MR) is 65.1 cm³/mol. The smallest absolute Gasteiger partial charge is 0.326 e. The minimum absolute atomic E-state index is 0.0696. The summed E-state index contributed by atoms with van der Waals surface area (Å²) in [7, 11) is 0. The van der Waals surface area contributed by atoms with Crippen molar-refractivity contribution in [3.05, 3.63) is 20.8 Å². The number of aliphatic hydroxyl groups excluding tert-OH is 1. The van der Waals surface area contributed by atoms with Gasteiger partial charge in [-0.3, -0.25) is 4.79 Å². The van der Waals surface area contributed by atoms with Crippen molar-refractivity contribution < 1.29 is 19.8 Å². The highest BCUT2D eigenvalue weighted by atomic mass is 79.9. The van der Waals surface area contributed by atoms with Crippen LogP contribution in [0.25, 0.3) is 0 Å². The molecule has 0 aromatic carbocycles. The Morgan fingerprint density at radius 1 is 1.53 bits per heavy atom. The van der Waals surface area contributed by atoms with Crippen LogP contribution in [0.4, 0.5) is 0 Å². The quantitative estimate of drug-likeness (QED) is 0.857. The summed E-state index contributed by atoms with van der Waals surface area (Å²) < 4.78 is 0.651. The van der Waals surface area contributed by atoms with Gasteiger partial charge in [0, 0.05) is 17.4 Å². The van der Waals surface area contributed by atoms with Crippen LogP contribution in [0.3, 0.4) is 0 Å². The maximum absolute atomic E-state index is 12.1. The van der Waals surface area contributed by atoms with Gasteiger partial charge in [0.1, 0.15) is 10.9 Å². The lowest BCUT2D eigenvalue weighted by Crippen LogP contribution is -2.40. The van der Waals surface area contributed by atoms with E-state index in [1.807, 2.05) is 0 Å². The summed E-state index contributed by atoms with van der Waals surface area (Å²) in [5, 5.41) is 20.2. The standard InChI is InChI=1S/C10H10BrNO4S/c11-6-1-2-17-8(6)9(14)12-4-5(13)3-7(12)10(15)16/h1-2,5,7,13H,3-4H2,(H,15,16)/t5?,7-/m0/s1. The fourth-order valence-electron chi connectivity index (χ4n) is 1.85. The number of carboxylic acid groups (broad SMARTS) is 1. The lowest BCUT2D eigenvalue weighted by atomic mass is 10.2. The first-order valence-corrected chi connectivity index (χ1v) is 6.62. The third-order valence-corrected chi connectivity index (χ3v) is 4.46. The maximum atomic E-state index is 12.1. The van der Waals surface area contributed by atoms with Crippen LogP contribution in [0.1, 0.15) is 16.1 Å². The molecule has 2 atom stereocenters. The number of aliphatic carboxylic acids is 1. The maximum Gasteiger partial charge on any atom is 0.326 e. The van der Waals surface area contributed by atoms with E-state index in [0.717, 1.165) is 0 Å². The number of hydrogen-bond donors (Lipinski definition) is 2. The highest BCUT2D eigenvalue weighted by Crippen LogP contribution is 2.28. The van der Waals surface area contributed by atoms with E-state index in [9.17, 15) is 14.7 Å². The van der Waals surface area contributed by atoms with Crippen molar-refractivity contribution in [3.63, 3.8) is 0 Å². The first kappa shape index (κ1) is 12.5. The summed E-state index contributed by atoms with van der Waals surface area (Å²) in [5.41, 5.74) is 0. The Kier molecular flexibility index (Phi) is 3.50. The molecule has 0 spiro atoms. The van der Waals surface area contributed by atoms with Crippen molar-refractivity contribution in [2.45, 2.75) is 18.6 Å². The second-order valence-electron chi connectivity index (χ2n) is 3.80. The molecule has 2 heterocycles. The van der Waals surface area contributed by atoms with Crippen LogP contribution < -0.4 is 0 Å². The molecule has 1 fully saturated rings. The zero-order chi connectivity index (χ0) is 12.6. The van der Waals surface area contributed by atoms with Crippen molar-refractivity contribution in [2.24, 2.45) is 0 Å². The second kappa shape index (κ2) is 4.75. The van der Waals surface area contributed by atoms with Gasteiger partial charge in [0.2, 0.25) is 0 Å². The van der Waals surface area contributed by atoms with Gasteiger partial charge in [-0.2, -0.15) is 0 Å². The molecule has 0 saturated carbocycles. The number of carboxylic acids is 1. The third kappa shape index (κ3) is 2.36. The lowest BCUT2D eigenvalue weighted by molar-refractivity contribution is -0.141. The van der Waals surface area contributed by atoms with Crippen LogP contribution in [-0.4, -0.2) is 45.7 Å². The van der Waals surface area contributed by atoms with Crippen LogP contribution in [0, 0.1) is 0 Å². The monoisotopic (exact) mass is 319 g/mol. The summed E-state index contributed by atoms with van der Waals surface area (Å²) in [6.07, 6.45) is -0.678. The number of hydrogen-bond acceptors (Lipinski definition) is 4. The first-order valence-electron chi connectivity index (χ1n) is 4.95. The van der Waals surface area contributed by atoms with Gasteiger partial charge in [0.25, 0.3) is 5.91 Å². The average Bonchev–Trinajstić information content (AvgIpc) is 2.83. The molecule has 5 nitrogen and oxygen atoms in total. The van der Waals surface area contributed by atoms with Crippen molar-refractivity contribution in [1.29, 1.82) is 0 Å². The van der Waals surface area contributed by atoms with Crippen LogP contribution in [-0.2, 0) is 4.79 Å². The van der Waals surface area contributed by atoms with Crippen LogP contribution >= 0.6 is 27.3 Å². The molecule has 1 aromatic rings. The van der Waals surface area contributed by atoms with E-state index in [4.69, 9.17) is 5.11 Å². The van der Waals surface area contributed by atoms with Gasteiger partial charge < -0.3 is 15.1 Å².